The van der Waals surface area contributed by atoms with Crippen LogP contribution in [0.4, 0.5) is 5.69 Å². The molecule has 0 aliphatic carbocycles. The van der Waals surface area contributed by atoms with Gasteiger partial charge in [-0.3, -0.25) is 5.21 Å². The first-order valence-corrected chi connectivity index (χ1v) is 10.9. The van der Waals surface area contributed by atoms with Gasteiger partial charge in [-0.1, -0.05) is 43.3 Å². The molecule has 0 saturated heterocycles. The summed E-state index contributed by atoms with van der Waals surface area (Å²) < 4.78 is 7.55. The van der Waals surface area contributed by atoms with Gasteiger partial charge in [0.05, 0.1) is 11.1 Å². The molecule has 0 amide bonds. The van der Waals surface area contributed by atoms with Crippen molar-refractivity contribution in [2.24, 2.45) is 11.0 Å². The lowest BCUT2D eigenvalue weighted by Crippen LogP contribution is -2.30. The first kappa shape index (κ1) is 20.1. The zero-order valence-electron chi connectivity index (χ0n) is 18.2. The summed E-state index contributed by atoms with van der Waals surface area (Å²) in [5.41, 5.74) is 2.90. The first-order valence-electron chi connectivity index (χ1n) is 10.9. The highest BCUT2D eigenvalue weighted by molar-refractivity contribution is 5.86. The van der Waals surface area contributed by atoms with E-state index in [2.05, 4.69) is 62.5 Å². The number of ether oxygens (including phenoxy) is 1. The van der Waals surface area contributed by atoms with E-state index in [0.29, 0.717) is 5.52 Å². The standard InChI is InChI=1S/C27H26N3O2/c1-19-14-15-28-29(23-13-12-21-7-3-4-8-22(21)17-23)18-25(19)20(2)32-27-11-5-10-26-24(27)9-6-16-30(26)31/h3-13,15-20,31H,14H2,1-2H3/q+1/t19?,20-/m1/s1. The van der Waals surface area contributed by atoms with Crippen LogP contribution in [0.3, 0.4) is 0 Å². The van der Waals surface area contributed by atoms with Gasteiger partial charge in [-0.2, -0.15) is 5.10 Å². The molecule has 5 rings (SSSR count). The van der Waals surface area contributed by atoms with Crippen LogP contribution in [0.2, 0.25) is 0 Å². The number of hydrogen-bond donors (Lipinski definition) is 1. The molecule has 5 nitrogen and oxygen atoms in total. The lowest BCUT2D eigenvalue weighted by Gasteiger charge is -2.24. The molecule has 0 spiro atoms. The molecule has 2 atom stereocenters. The predicted octanol–water partition coefficient (Wildman–Crippen LogP) is 5.70. The molecule has 0 radical (unpaired) electrons. The van der Waals surface area contributed by atoms with Gasteiger partial charge in [0, 0.05) is 29.3 Å². The summed E-state index contributed by atoms with van der Waals surface area (Å²) in [4.78, 5) is 0. The Balaban J connectivity index is 1.48. The average molecular weight is 425 g/mol. The fraction of sp³-hybridized carbons (Fsp3) is 0.185. The summed E-state index contributed by atoms with van der Waals surface area (Å²) in [7, 11) is 0. The summed E-state index contributed by atoms with van der Waals surface area (Å²) in [6, 6.07) is 24.2. The lowest BCUT2D eigenvalue weighted by atomic mass is 9.95. The zero-order chi connectivity index (χ0) is 22.1. The normalized spacial score (nSPS) is 17.2. The molecule has 32 heavy (non-hydrogen) atoms. The minimum atomic E-state index is -0.160. The largest absolute Gasteiger partial charge is 0.485 e. The van der Waals surface area contributed by atoms with Crippen LogP contribution in [-0.4, -0.2) is 17.5 Å². The number of anilines is 1. The van der Waals surface area contributed by atoms with Gasteiger partial charge in [-0.05, 0) is 59.9 Å². The third kappa shape index (κ3) is 3.78. The third-order valence-corrected chi connectivity index (χ3v) is 6.06. The van der Waals surface area contributed by atoms with E-state index in [1.54, 1.807) is 6.20 Å². The van der Waals surface area contributed by atoms with Crippen LogP contribution >= 0.6 is 0 Å². The maximum Gasteiger partial charge on any atom is 0.268 e. The number of pyridine rings is 1. The van der Waals surface area contributed by atoms with Gasteiger partial charge >= 0.3 is 0 Å². The minimum Gasteiger partial charge on any atom is -0.485 e. The van der Waals surface area contributed by atoms with Crippen molar-refractivity contribution < 1.29 is 14.7 Å². The summed E-state index contributed by atoms with van der Waals surface area (Å²) in [6.45, 7) is 4.27. The number of aromatic nitrogens is 1. The Morgan fingerprint density at radius 2 is 1.88 bits per heavy atom. The fourth-order valence-corrected chi connectivity index (χ4v) is 4.26. The van der Waals surface area contributed by atoms with E-state index in [1.165, 1.54) is 16.3 Å². The highest BCUT2D eigenvalue weighted by Crippen LogP contribution is 2.31. The van der Waals surface area contributed by atoms with Crippen molar-refractivity contribution in [3.63, 3.8) is 0 Å². The van der Waals surface area contributed by atoms with Crippen LogP contribution in [0.5, 0.6) is 5.75 Å². The van der Waals surface area contributed by atoms with Gasteiger partial charge < -0.3 is 4.74 Å². The SMILES string of the molecule is CC1CC=NN(c2ccc3ccccc3c2)C=C1[C@@H](C)Oc1cccc2c1ccc[n+]2O. The summed E-state index contributed by atoms with van der Waals surface area (Å²) in [5.74, 6) is 1.03. The molecule has 1 unspecified atom stereocenters. The van der Waals surface area contributed by atoms with Crippen molar-refractivity contribution in [2.45, 2.75) is 26.4 Å². The second-order valence-corrected chi connectivity index (χ2v) is 8.24. The molecular formula is C27H26N3O2+. The van der Waals surface area contributed by atoms with Crippen molar-refractivity contribution in [3.05, 3.63) is 90.8 Å². The molecule has 1 aromatic heterocycles. The van der Waals surface area contributed by atoms with Crippen LogP contribution in [0.1, 0.15) is 20.3 Å². The van der Waals surface area contributed by atoms with E-state index in [4.69, 9.17) is 9.84 Å². The van der Waals surface area contributed by atoms with Gasteiger partial charge in [0.1, 0.15) is 11.9 Å². The maximum absolute atomic E-state index is 10.1. The van der Waals surface area contributed by atoms with Gasteiger partial charge in [0.15, 0.2) is 0 Å². The number of hydrogen-bond acceptors (Lipinski definition) is 4. The van der Waals surface area contributed by atoms with Crippen LogP contribution in [-0.2, 0) is 0 Å². The first-order chi connectivity index (χ1) is 15.6. The second kappa shape index (κ2) is 8.35. The smallest absolute Gasteiger partial charge is 0.268 e. The molecule has 1 aliphatic rings. The van der Waals surface area contributed by atoms with Crippen LogP contribution in [0, 0.1) is 5.92 Å². The molecule has 0 bridgehead atoms. The van der Waals surface area contributed by atoms with Gasteiger partial charge in [0.25, 0.3) is 5.52 Å². The summed E-state index contributed by atoms with van der Waals surface area (Å²) >= 11 is 0. The van der Waals surface area contributed by atoms with Crippen molar-refractivity contribution in [1.29, 1.82) is 0 Å². The van der Waals surface area contributed by atoms with Crippen molar-refractivity contribution in [3.8, 4) is 5.75 Å². The average Bonchev–Trinajstić information content (AvgIpc) is 3.01. The molecular weight excluding hydrogens is 398 g/mol. The van der Waals surface area contributed by atoms with Crippen LogP contribution in [0.25, 0.3) is 21.7 Å². The topological polar surface area (TPSA) is 48.9 Å². The monoisotopic (exact) mass is 424 g/mol. The highest BCUT2D eigenvalue weighted by Gasteiger charge is 2.22. The molecule has 0 saturated carbocycles. The predicted molar refractivity (Wildman–Crippen MR) is 128 cm³/mol. The van der Waals surface area contributed by atoms with Crippen LogP contribution < -0.4 is 14.5 Å². The van der Waals surface area contributed by atoms with Gasteiger partial charge in [0.2, 0.25) is 6.20 Å². The summed E-state index contributed by atoms with van der Waals surface area (Å²) in [5, 5.41) is 20.0. The Morgan fingerprint density at radius 3 is 2.75 bits per heavy atom. The minimum absolute atomic E-state index is 0.160. The Labute approximate surface area is 187 Å². The van der Waals surface area contributed by atoms with E-state index in [-0.39, 0.29) is 12.0 Å². The van der Waals surface area contributed by atoms with E-state index < -0.39 is 0 Å². The number of benzene rings is 3. The Morgan fingerprint density at radius 1 is 1.03 bits per heavy atom. The quantitative estimate of drug-likeness (QED) is 0.338. The zero-order valence-corrected chi connectivity index (χ0v) is 18.2. The molecule has 0 fully saturated rings. The number of fused-ring (bicyclic) bond motifs is 2. The van der Waals surface area contributed by atoms with Crippen LogP contribution in [0.15, 0.2) is 95.9 Å². The second-order valence-electron chi connectivity index (χ2n) is 8.24. The number of rotatable bonds is 4. The fourth-order valence-electron chi connectivity index (χ4n) is 4.26. The molecule has 5 heteroatoms. The summed E-state index contributed by atoms with van der Waals surface area (Å²) in [6.07, 6.45) is 6.37. The molecule has 4 aromatic rings. The van der Waals surface area contributed by atoms with Crippen molar-refractivity contribution >= 4 is 33.6 Å². The van der Waals surface area contributed by atoms with Crippen molar-refractivity contribution in [1.82, 2.24) is 0 Å². The molecule has 1 aliphatic heterocycles. The Hall–Kier alpha value is -3.86. The Kier molecular flexibility index (Phi) is 5.23. The van der Waals surface area contributed by atoms with E-state index in [9.17, 15) is 5.21 Å². The molecule has 160 valence electrons. The number of hydrazone groups is 1. The van der Waals surface area contributed by atoms with Gasteiger partial charge in [-0.25, -0.2) is 5.01 Å². The van der Waals surface area contributed by atoms with E-state index in [1.807, 2.05) is 41.6 Å². The maximum atomic E-state index is 10.1. The molecule has 1 N–H and O–H groups in total. The van der Waals surface area contributed by atoms with Gasteiger partial charge in [-0.15, -0.1) is 0 Å². The molecule has 3 aromatic carbocycles. The lowest BCUT2D eigenvalue weighted by molar-refractivity contribution is -0.884. The highest BCUT2D eigenvalue weighted by atomic mass is 16.5. The van der Waals surface area contributed by atoms with Crippen molar-refractivity contribution in [2.75, 3.05) is 5.01 Å². The van der Waals surface area contributed by atoms with E-state index in [0.717, 1.165) is 28.0 Å². The van der Waals surface area contributed by atoms with E-state index >= 15 is 0 Å². The Bertz CT molecular complexity index is 1350. The third-order valence-electron chi connectivity index (χ3n) is 6.06. The molecule has 2 heterocycles. The number of nitrogens with zero attached hydrogens (tertiary/aromatic N) is 3.